The average Bonchev–Trinajstić information content (AvgIpc) is 2.38. The van der Waals surface area contributed by atoms with Crippen LogP contribution in [0.2, 0.25) is 0 Å². The van der Waals surface area contributed by atoms with Crippen LogP contribution in [-0.4, -0.2) is 6.61 Å². The fraction of sp³-hybridized carbons (Fsp3) is 0.250. The molecule has 0 radical (unpaired) electrons. The summed E-state index contributed by atoms with van der Waals surface area (Å²) < 4.78 is 5.81. The molecule has 88 valence electrons. The van der Waals surface area contributed by atoms with Crippen molar-refractivity contribution in [3.05, 3.63) is 48.5 Å². The zero-order valence-electron chi connectivity index (χ0n) is 10.3. The highest BCUT2D eigenvalue weighted by Gasteiger charge is 2.01. The molecule has 0 aliphatic heterocycles. The van der Waals surface area contributed by atoms with Crippen molar-refractivity contribution in [1.82, 2.24) is 0 Å². The van der Waals surface area contributed by atoms with Gasteiger partial charge in [-0.25, -0.2) is 0 Å². The smallest absolute Gasteiger partial charge is 0.127 e. The monoisotopic (exact) mass is 226 g/mol. The molecule has 0 atom stereocenters. The molecule has 0 aliphatic carbocycles. The molecule has 0 spiro atoms. The molecule has 0 saturated heterocycles. The summed E-state index contributed by atoms with van der Waals surface area (Å²) in [5.74, 6) is 0.978. The highest BCUT2D eigenvalue weighted by molar-refractivity contribution is 5.89. The van der Waals surface area contributed by atoms with Crippen LogP contribution >= 0.6 is 0 Å². The fourth-order valence-corrected chi connectivity index (χ4v) is 1.85. The van der Waals surface area contributed by atoms with Crippen molar-refractivity contribution >= 4 is 16.8 Å². The van der Waals surface area contributed by atoms with Crippen LogP contribution in [0.25, 0.3) is 16.8 Å². The third kappa shape index (κ3) is 2.68. The molecule has 0 unspecified atom stereocenters. The van der Waals surface area contributed by atoms with Gasteiger partial charge >= 0.3 is 0 Å². The van der Waals surface area contributed by atoms with Crippen LogP contribution in [0.1, 0.15) is 25.3 Å². The standard InChI is InChI=1S/C16H18O/c1-3-5-11-17-16-8-6-7-14-12-13(4-2)9-10-15(14)16/h4,6-10,12H,2-3,5,11H2,1H3. The van der Waals surface area contributed by atoms with E-state index < -0.39 is 0 Å². The molecular formula is C16H18O. The van der Waals surface area contributed by atoms with Gasteiger partial charge < -0.3 is 4.74 Å². The first-order valence-electron chi connectivity index (χ1n) is 6.13. The van der Waals surface area contributed by atoms with Crippen LogP contribution in [0.4, 0.5) is 0 Å². The Bertz CT molecular complexity index is 514. The molecule has 1 heteroatoms. The molecule has 0 fully saturated rings. The van der Waals surface area contributed by atoms with E-state index in [2.05, 4.69) is 37.8 Å². The number of fused-ring (bicyclic) bond motifs is 1. The molecule has 0 aromatic heterocycles. The second-order valence-corrected chi connectivity index (χ2v) is 4.14. The van der Waals surface area contributed by atoms with Crippen molar-refractivity contribution in [2.75, 3.05) is 6.61 Å². The highest BCUT2D eigenvalue weighted by atomic mass is 16.5. The first-order chi connectivity index (χ1) is 8.35. The van der Waals surface area contributed by atoms with E-state index in [1.165, 1.54) is 10.8 Å². The largest absolute Gasteiger partial charge is 0.493 e. The topological polar surface area (TPSA) is 9.23 Å². The lowest BCUT2D eigenvalue weighted by atomic mass is 10.1. The van der Waals surface area contributed by atoms with Gasteiger partial charge in [0, 0.05) is 5.39 Å². The Labute approximate surface area is 103 Å². The molecule has 0 N–H and O–H groups in total. The Morgan fingerprint density at radius 3 is 2.88 bits per heavy atom. The molecule has 17 heavy (non-hydrogen) atoms. The Balaban J connectivity index is 2.33. The quantitative estimate of drug-likeness (QED) is 0.674. The van der Waals surface area contributed by atoms with Gasteiger partial charge in [0.1, 0.15) is 5.75 Å². The summed E-state index contributed by atoms with van der Waals surface area (Å²) >= 11 is 0. The minimum absolute atomic E-state index is 0.790. The molecule has 0 aliphatic rings. The fourth-order valence-electron chi connectivity index (χ4n) is 1.85. The first kappa shape index (κ1) is 11.7. The van der Waals surface area contributed by atoms with Crippen molar-refractivity contribution < 1.29 is 4.74 Å². The Morgan fingerprint density at radius 1 is 1.24 bits per heavy atom. The van der Waals surface area contributed by atoms with Crippen molar-refractivity contribution in [3.63, 3.8) is 0 Å². The Kier molecular flexibility index (Phi) is 3.81. The van der Waals surface area contributed by atoms with E-state index in [4.69, 9.17) is 4.74 Å². The van der Waals surface area contributed by atoms with E-state index >= 15 is 0 Å². The predicted molar refractivity (Wildman–Crippen MR) is 74.4 cm³/mol. The van der Waals surface area contributed by atoms with Crippen molar-refractivity contribution in [2.24, 2.45) is 0 Å². The average molecular weight is 226 g/mol. The van der Waals surface area contributed by atoms with Gasteiger partial charge in [0.05, 0.1) is 6.61 Å². The maximum Gasteiger partial charge on any atom is 0.127 e. The van der Waals surface area contributed by atoms with Gasteiger partial charge in [-0.1, -0.05) is 50.3 Å². The van der Waals surface area contributed by atoms with Gasteiger partial charge in [0.25, 0.3) is 0 Å². The van der Waals surface area contributed by atoms with Gasteiger partial charge in [0.15, 0.2) is 0 Å². The molecule has 2 aromatic rings. The molecular weight excluding hydrogens is 208 g/mol. The molecule has 2 aromatic carbocycles. The molecule has 0 saturated carbocycles. The number of rotatable bonds is 5. The molecule has 0 bridgehead atoms. The van der Waals surface area contributed by atoms with Crippen LogP contribution in [0.3, 0.4) is 0 Å². The normalized spacial score (nSPS) is 10.4. The SMILES string of the molecule is C=Cc1ccc2c(OCCCC)cccc2c1. The summed E-state index contributed by atoms with van der Waals surface area (Å²) in [7, 11) is 0. The van der Waals surface area contributed by atoms with Crippen molar-refractivity contribution in [1.29, 1.82) is 0 Å². The number of benzene rings is 2. The summed E-state index contributed by atoms with van der Waals surface area (Å²) in [6.45, 7) is 6.75. The molecule has 2 rings (SSSR count). The zero-order valence-corrected chi connectivity index (χ0v) is 10.3. The lowest BCUT2D eigenvalue weighted by Crippen LogP contribution is -1.96. The lowest BCUT2D eigenvalue weighted by Gasteiger charge is -2.09. The zero-order chi connectivity index (χ0) is 12.1. The van der Waals surface area contributed by atoms with Gasteiger partial charge in [-0.3, -0.25) is 0 Å². The highest BCUT2D eigenvalue weighted by Crippen LogP contribution is 2.26. The van der Waals surface area contributed by atoms with E-state index in [0.717, 1.165) is 30.8 Å². The van der Waals surface area contributed by atoms with Gasteiger partial charge in [0.2, 0.25) is 0 Å². The number of ether oxygens (including phenoxy) is 1. The second-order valence-electron chi connectivity index (χ2n) is 4.14. The van der Waals surface area contributed by atoms with Crippen molar-refractivity contribution in [3.8, 4) is 5.75 Å². The molecule has 1 nitrogen and oxygen atoms in total. The predicted octanol–water partition coefficient (Wildman–Crippen LogP) is 4.66. The third-order valence-electron chi connectivity index (χ3n) is 2.86. The molecule has 0 amide bonds. The van der Waals surface area contributed by atoms with E-state index in [0.29, 0.717) is 0 Å². The Morgan fingerprint density at radius 2 is 2.12 bits per heavy atom. The minimum atomic E-state index is 0.790. The number of unbranched alkanes of at least 4 members (excludes halogenated alkanes) is 1. The van der Waals surface area contributed by atoms with Crippen LogP contribution < -0.4 is 4.74 Å². The van der Waals surface area contributed by atoms with E-state index in [1.807, 2.05) is 18.2 Å². The molecule has 0 heterocycles. The van der Waals surface area contributed by atoms with Gasteiger partial charge in [-0.05, 0) is 29.5 Å². The van der Waals surface area contributed by atoms with E-state index in [9.17, 15) is 0 Å². The minimum Gasteiger partial charge on any atom is -0.493 e. The lowest BCUT2D eigenvalue weighted by molar-refractivity contribution is 0.313. The van der Waals surface area contributed by atoms with Crippen LogP contribution in [0.15, 0.2) is 43.0 Å². The third-order valence-corrected chi connectivity index (χ3v) is 2.86. The van der Waals surface area contributed by atoms with Crippen molar-refractivity contribution in [2.45, 2.75) is 19.8 Å². The summed E-state index contributed by atoms with van der Waals surface area (Å²) in [5.41, 5.74) is 1.14. The van der Waals surface area contributed by atoms with Gasteiger partial charge in [-0.2, -0.15) is 0 Å². The van der Waals surface area contributed by atoms with Crippen LogP contribution in [0, 0.1) is 0 Å². The summed E-state index contributed by atoms with van der Waals surface area (Å²) in [4.78, 5) is 0. The summed E-state index contributed by atoms with van der Waals surface area (Å²) in [5, 5.41) is 2.38. The van der Waals surface area contributed by atoms with Crippen LogP contribution in [-0.2, 0) is 0 Å². The second kappa shape index (κ2) is 5.53. The van der Waals surface area contributed by atoms with Gasteiger partial charge in [-0.15, -0.1) is 0 Å². The van der Waals surface area contributed by atoms with E-state index in [-0.39, 0.29) is 0 Å². The number of hydrogen-bond acceptors (Lipinski definition) is 1. The maximum atomic E-state index is 5.81. The summed E-state index contributed by atoms with van der Waals surface area (Å²) in [6.07, 6.45) is 4.12. The first-order valence-corrected chi connectivity index (χ1v) is 6.13. The van der Waals surface area contributed by atoms with Crippen LogP contribution in [0.5, 0.6) is 5.75 Å². The van der Waals surface area contributed by atoms with E-state index in [1.54, 1.807) is 0 Å². The number of hydrogen-bond donors (Lipinski definition) is 0. The maximum absolute atomic E-state index is 5.81. The Hall–Kier alpha value is -1.76. The summed E-state index contributed by atoms with van der Waals surface area (Å²) in [6, 6.07) is 12.5.